The van der Waals surface area contributed by atoms with Crippen molar-refractivity contribution in [3.05, 3.63) is 0 Å². The molecule has 0 aromatic rings. The minimum atomic E-state index is -0.812. The Labute approximate surface area is 109 Å². The van der Waals surface area contributed by atoms with E-state index in [0.29, 0.717) is 6.42 Å². The number of nitrogens with one attached hydrogen (secondary N) is 1. The topological polar surface area (TPSA) is 61.8 Å². The van der Waals surface area contributed by atoms with E-state index in [1.165, 1.54) is 0 Å². The molecule has 1 aliphatic heterocycles. The van der Waals surface area contributed by atoms with Gasteiger partial charge in [0.05, 0.1) is 6.10 Å². The standard InChI is InChI=1S/C13H26N2O3/c1-11-10-15(8-5-9-18-11)7-4-6-13(2,14-3)12(16)17/h11,14H,4-10H2,1-3H3,(H,16,17). The Morgan fingerprint density at radius 2 is 2.33 bits per heavy atom. The number of likely N-dealkylation sites (N-methyl/N-ethyl adjacent to an activating group) is 1. The number of carbonyl (C=O) groups is 1. The summed E-state index contributed by atoms with van der Waals surface area (Å²) in [6, 6.07) is 0. The van der Waals surface area contributed by atoms with Crippen LogP contribution in [0.4, 0.5) is 0 Å². The van der Waals surface area contributed by atoms with Gasteiger partial charge in [0, 0.05) is 19.7 Å². The molecule has 0 radical (unpaired) electrons. The minimum absolute atomic E-state index is 0.280. The zero-order valence-electron chi connectivity index (χ0n) is 11.7. The van der Waals surface area contributed by atoms with Crippen LogP contribution in [0.5, 0.6) is 0 Å². The van der Waals surface area contributed by atoms with Crippen molar-refractivity contribution in [3.63, 3.8) is 0 Å². The van der Waals surface area contributed by atoms with Crippen molar-refractivity contribution < 1.29 is 14.6 Å². The first-order valence-corrected chi connectivity index (χ1v) is 6.74. The van der Waals surface area contributed by atoms with E-state index in [9.17, 15) is 4.79 Å². The Kier molecular flexibility index (Phi) is 6.05. The summed E-state index contributed by atoms with van der Waals surface area (Å²) < 4.78 is 5.59. The van der Waals surface area contributed by atoms with Gasteiger partial charge in [0.1, 0.15) is 5.54 Å². The molecule has 2 unspecified atom stereocenters. The number of carboxylic acid groups (broad SMARTS) is 1. The molecular weight excluding hydrogens is 232 g/mol. The summed E-state index contributed by atoms with van der Waals surface area (Å²) in [6.45, 7) is 7.60. The van der Waals surface area contributed by atoms with Crippen LogP contribution in [0.3, 0.4) is 0 Å². The zero-order valence-corrected chi connectivity index (χ0v) is 11.7. The molecule has 1 rings (SSSR count). The number of carboxylic acids is 1. The molecule has 5 heteroatoms. The van der Waals surface area contributed by atoms with E-state index in [1.807, 2.05) is 0 Å². The van der Waals surface area contributed by atoms with Gasteiger partial charge in [-0.15, -0.1) is 0 Å². The molecule has 0 bridgehead atoms. The molecule has 0 aromatic carbocycles. The van der Waals surface area contributed by atoms with E-state index in [1.54, 1.807) is 14.0 Å². The quantitative estimate of drug-likeness (QED) is 0.742. The van der Waals surface area contributed by atoms with Gasteiger partial charge in [-0.2, -0.15) is 0 Å². The molecule has 0 aromatic heterocycles. The van der Waals surface area contributed by atoms with Crippen molar-refractivity contribution in [3.8, 4) is 0 Å². The fraction of sp³-hybridized carbons (Fsp3) is 0.923. The van der Waals surface area contributed by atoms with Crippen molar-refractivity contribution in [2.45, 2.75) is 44.8 Å². The summed E-state index contributed by atoms with van der Waals surface area (Å²) in [5.74, 6) is -0.780. The molecule has 18 heavy (non-hydrogen) atoms. The molecule has 5 nitrogen and oxygen atoms in total. The smallest absolute Gasteiger partial charge is 0.323 e. The highest BCUT2D eigenvalue weighted by Crippen LogP contribution is 2.14. The third kappa shape index (κ3) is 4.55. The second-order valence-electron chi connectivity index (χ2n) is 5.33. The lowest BCUT2D eigenvalue weighted by Crippen LogP contribution is -2.48. The third-order valence-corrected chi connectivity index (χ3v) is 3.71. The summed E-state index contributed by atoms with van der Waals surface area (Å²) in [6.07, 6.45) is 2.87. The maximum atomic E-state index is 11.1. The summed E-state index contributed by atoms with van der Waals surface area (Å²) in [5.41, 5.74) is -0.812. The van der Waals surface area contributed by atoms with Gasteiger partial charge in [0.25, 0.3) is 0 Å². The molecule has 1 aliphatic rings. The largest absolute Gasteiger partial charge is 0.480 e. The summed E-state index contributed by atoms with van der Waals surface area (Å²) in [7, 11) is 1.70. The molecule has 0 amide bonds. The fourth-order valence-corrected chi connectivity index (χ4v) is 2.28. The van der Waals surface area contributed by atoms with Crippen molar-refractivity contribution in [1.82, 2.24) is 10.2 Å². The van der Waals surface area contributed by atoms with E-state index >= 15 is 0 Å². The predicted molar refractivity (Wildman–Crippen MR) is 70.8 cm³/mol. The van der Waals surface area contributed by atoms with Gasteiger partial charge in [-0.1, -0.05) is 0 Å². The Morgan fingerprint density at radius 1 is 1.61 bits per heavy atom. The average Bonchev–Trinajstić information content (AvgIpc) is 2.53. The summed E-state index contributed by atoms with van der Waals surface area (Å²) in [5, 5.41) is 12.1. The molecule has 1 fully saturated rings. The Morgan fingerprint density at radius 3 is 2.94 bits per heavy atom. The number of hydrogen-bond acceptors (Lipinski definition) is 4. The molecule has 0 saturated carbocycles. The molecule has 1 heterocycles. The van der Waals surface area contributed by atoms with E-state index in [4.69, 9.17) is 9.84 Å². The minimum Gasteiger partial charge on any atom is -0.480 e. The second-order valence-corrected chi connectivity index (χ2v) is 5.33. The number of ether oxygens (including phenoxy) is 1. The molecule has 1 saturated heterocycles. The third-order valence-electron chi connectivity index (χ3n) is 3.71. The van der Waals surface area contributed by atoms with Crippen molar-refractivity contribution in [2.75, 3.05) is 33.3 Å². The molecule has 0 spiro atoms. The van der Waals surface area contributed by atoms with Crippen LogP contribution in [0.25, 0.3) is 0 Å². The zero-order chi connectivity index (χ0) is 13.6. The average molecular weight is 258 g/mol. The van der Waals surface area contributed by atoms with Crippen molar-refractivity contribution >= 4 is 5.97 Å². The first-order valence-electron chi connectivity index (χ1n) is 6.74. The lowest BCUT2D eigenvalue weighted by atomic mass is 9.96. The van der Waals surface area contributed by atoms with E-state index in [0.717, 1.165) is 39.1 Å². The van der Waals surface area contributed by atoms with Crippen LogP contribution in [0, 0.1) is 0 Å². The SMILES string of the molecule is CNC(C)(CCCN1CCCOC(C)C1)C(=O)O. The van der Waals surface area contributed by atoms with Crippen molar-refractivity contribution in [2.24, 2.45) is 0 Å². The number of aliphatic carboxylic acids is 1. The van der Waals surface area contributed by atoms with Crippen LogP contribution in [0.2, 0.25) is 0 Å². The second kappa shape index (κ2) is 7.07. The number of nitrogens with zero attached hydrogens (tertiary/aromatic N) is 1. The first-order chi connectivity index (χ1) is 8.48. The molecule has 106 valence electrons. The van der Waals surface area contributed by atoms with Gasteiger partial charge in [-0.25, -0.2) is 0 Å². The highest BCUT2D eigenvalue weighted by molar-refractivity contribution is 5.78. The van der Waals surface area contributed by atoms with Crippen LogP contribution in [0.1, 0.15) is 33.1 Å². The number of hydrogen-bond donors (Lipinski definition) is 2. The van der Waals surface area contributed by atoms with Gasteiger partial charge in [0.2, 0.25) is 0 Å². The van der Waals surface area contributed by atoms with Gasteiger partial charge >= 0.3 is 5.97 Å². The molecular formula is C13H26N2O3. The molecule has 0 aliphatic carbocycles. The van der Waals surface area contributed by atoms with E-state index < -0.39 is 11.5 Å². The Bertz CT molecular complexity index is 273. The van der Waals surface area contributed by atoms with Crippen LogP contribution in [0.15, 0.2) is 0 Å². The monoisotopic (exact) mass is 258 g/mol. The summed E-state index contributed by atoms with van der Waals surface area (Å²) >= 11 is 0. The maximum absolute atomic E-state index is 11.1. The lowest BCUT2D eigenvalue weighted by Gasteiger charge is -2.26. The highest BCUT2D eigenvalue weighted by atomic mass is 16.5. The molecule has 2 N–H and O–H groups in total. The van der Waals surface area contributed by atoms with Gasteiger partial charge in [-0.3, -0.25) is 4.79 Å². The van der Waals surface area contributed by atoms with Crippen LogP contribution in [-0.4, -0.2) is 60.9 Å². The van der Waals surface area contributed by atoms with Crippen LogP contribution < -0.4 is 5.32 Å². The highest BCUT2D eigenvalue weighted by Gasteiger charge is 2.30. The van der Waals surface area contributed by atoms with Gasteiger partial charge in [-0.05, 0) is 46.7 Å². The van der Waals surface area contributed by atoms with Crippen LogP contribution in [-0.2, 0) is 9.53 Å². The van der Waals surface area contributed by atoms with Gasteiger partial charge in [0.15, 0.2) is 0 Å². The van der Waals surface area contributed by atoms with Crippen molar-refractivity contribution in [1.29, 1.82) is 0 Å². The van der Waals surface area contributed by atoms with E-state index in [2.05, 4.69) is 17.1 Å². The van der Waals surface area contributed by atoms with Gasteiger partial charge < -0.3 is 20.1 Å². The first kappa shape index (κ1) is 15.4. The van der Waals surface area contributed by atoms with Crippen LogP contribution >= 0.6 is 0 Å². The predicted octanol–water partition coefficient (Wildman–Crippen LogP) is 0.940. The lowest BCUT2D eigenvalue weighted by molar-refractivity contribution is -0.144. The fourth-order valence-electron chi connectivity index (χ4n) is 2.28. The Hall–Kier alpha value is -0.650. The molecule has 2 atom stereocenters. The van der Waals surface area contributed by atoms with E-state index in [-0.39, 0.29) is 6.10 Å². The summed E-state index contributed by atoms with van der Waals surface area (Å²) in [4.78, 5) is 13.5. The number of rotatable bonds is 6. The maximum Gasteiger partial charge on any atom is 0.323 e. The normalized spacial score (nSPS) is 25.4. The Balaban J connectivity index is 2.33.